The maximum Gasteiger partial charge on any atom is 0.259 e. The fraction of sp³-hybridized carbons (Fsp3) is 0.407. The predicted octanol–water partition coefficient (Wildman–Crippen LogP) is 2.01. The van der Waals surface area contributed by atoms with Crippen molar-refractivity contribution in [3.05, 3.63) is 64.4 Å². The summed E-state index contributed by atoms with van der Waals surface area (Å²) in [5, 5.41) is 0.222. The van der Waals surface area contributed by atoms with Gasteiger partial charge in [0, 0.05) is 57.4 Å². The number of fused-ring (bicyclic) bond motifs is 1. The number of carbonyl (C=O) groups excluding carboxylic acids is 1. The Hall–Kier alpha value is -3.41. The molecule has 0 spiro atoms. The van der Waals surface area contributed by atoms with Crippen LogP contribution in [0.3, 0.4) is 0 Å². The number of nitrogens with zero attached hydrogens (tertiary/aromatic N) is 4. The highest BCUT2D eigenvalue weighted by atomic mass is 32.2. The number of piperazine rings is 1. The van der Waals surface area contributed by atoms with E-state index in [9.17, 15) is 18.0 Å². The van der Waals surface area contributed by atoms with Crippen molar-refractivity contribution < 1.29 is 22.7 Å². The van der Waals surface area contributed by atoms with Crippen LogP contribution in [0, 0.1) is 0 Å². The van der Waals surface area contributed by atoms with Gasteiger partial charge >= 0.3 is 0 Å². The van der Waals surface area contributed by atoms with E-state index in [4.69, 9.17) is 9.47 Å². The number of amides is 1. The van der Waals surface area contributed by atoms with Crippen LogP contribution in [0.15, 0.2) is 58.4 Å². The number of anilines is 1. The maximum absolute atomic E-state index is 13.6. The summed E-state index contributed by atoms with van der Waals surface area (Å²) < 4.78 is 40.4. The monoisotopic (exact) mass is 540 g/mol. The molecule has 10 nitrogen and oxygen atoms in total. The number of morpholine rings is 1. The van der Waals surface area contributed by atoms with Crippen molar-refractivity contribution >= 4 is 32.5 Å². The molecular weight excluding hydrogens is 508 g/mol. The normalized spacial score (nSPS) is 17.1. The minimum absolute atomic E-state index is 0.0432. The molecule has 0 saturated carbocycles. The van der Waals surface area contributed by atoms with Gasteiger partial charge in [0.25, 0.3) is 5.91 Å². The van der Waals surface area contributed by atoms with Crippen LogP contribution >= 0.6 is 0 Å². The van der Waals surface area contributed by atoms with E-state index < -0.39 is 15.5 Å². The number of hydrogen-bond acceptors (Lipinski definition) is 7. The Bertz CT molecular complexity index is 1510. The average Bonchev–Trinajstić information content (AvgIpc) is 2.97. The molecule has 202 valence electrons. The highest BCUT2D eigenvalue weighted by Crippen LogP contribution is 2.29. The number of carbonyl (C=O) groups is 1. The van der Waals surface area contributed by atoms with Gasteiger partial charge in [-0.25, -0.2) is 8.42 Å². The summed E-state index contributed by atoms with van der Waals surface area (Å²) in [5.41, 5.74) is 1.15. The fourth-order valence-electron chi connectivity index (χ4n) is 5.10. The van der Waals surface area contributed by atoms with E-state index in [0.717, 1.165) is 11.4 Å². The van der Waals surface area contributed by atoms with Crippen LogP contribution in [0.2, 0.25) is 0 Å². The second-order valence-electron chi connectivity index (χ2n) is 9.30. The summed E-state index contributed by atoms with van der Waals surface area (Å²) in [6, 6.07) is 12.3. The molecule has 0 aliphatic carbocycles. The summed E-state index contributed by atoms with van der Waals surface area (Å²) in [6.45, 7) is 5.73. The molecular formula is C27H32N4O6S. The van der Waals surface area contributed by atoms with Gasteiger partial charge in [-0.05, 0) is 37.3 Å². The zero-order valence-electron chi connectivity index (χ0n) is 21.6. The molecule has 3 heterocycles. The van der Waals surface area contributed by atoms with Gasteiger partial charge in [0.1, 0.15) is 11.3 Å². The Kier molecular flexibility index (Phi) is 7.42. The first-order valence-electron chi connectivity index (χ1n) is 12.8. The smallest absolute Gasteiger partial charge is 0.259 e. The molecule has 1 amide bonds. The second-order valence-corrected chi connectivity index (χ2v) is 11.2. The number of benzene rings is 2. The summed E-state index contributed by atoms with van der Waals surface area (Å²) in [6.07, 6.45) is 1.59. The van der Waals surface area contributed by atoms with Crippen molar-refractivity contribution in [2.24, 2.45) is 0 Å². The van der Waals surface area contributed by atoms with Crippen LogP contribution in [0.5, 0.6) is 5.75 Å². The average molecular weight is 541 g/mol. The van der Waals surface area contributed by atoms with Crippen molar-refractivity contribution in [2.75, 3.05) is 64.5 Å². The van der Waals surface area contributed by atoms with E-state index in [2.05, 4.69) is 4.90 Å². The molecule has 38 heavy (non-hydrogen) atoms. The minimum Gasteiger partial charge on any atom is -0.495 e. The zero-order valence-corrected chi connectivity index (χ0v) is 22.4. The van der Waals surface area contributed by atoms with Crippen LogP contribution in [-0.2, 0) is 21.3 Å². The number of aryl methyl sites for hydroxylation is 1. The lowest BCUT2D eigenvalue weighted by Gasteiger charge is -2.36. The third-order valence-corrected chi connectivity index (χ3v) is 9.12. The standard InChI is InChI=1S/C27H32N4O6S/c1-3-28-19-22(27(33)30-12-10-29(11-13-30)24-6-4-5-7-25(24)36-2)26(32)21-18-20(8-9-23(21)28)38(34,35)31-14-16-37-17-15-31/h4-9,18-19H,3,10-17H2,1-2H3. The molecule has 0 atom stereocenters. The summed E-state index contributed by atoms with van der Waals surface area (Å²) in [4.78, 5) is 31.0. The zero-order chi connectivity index (χ0) is 26.9. The van der Waals surface area contributed by atoms with Gasteiger partial charge in [0.05, 0.1) is 36.4 Å². The summed E-state index contributed by atoms with van der Waals surface area (Å²) in [5.74, 6) is 0.427. The number of hydrogen-bond donors (Lipinski definition) is 0. The van der Waals surface area contributed by atoms with Crippen LogP contribution in [0.1, 0.15) is 17.3 Å². The molecule has 0 N–H and O–H groups in total. The second kappa shape index (κ2) is 10.8. The van der Waals surface area contributed by atoms with E-state index in [1.54, 1.807) is 24.3 Å². The molecule has 3 aromatic rings. The minimum atomic E-state index is -3.79. The lowest BCUT2D eigenvalue weighted by atomic mass is 10.1. The number of rotatable bonds is 6. The first kappa shape index (κ1) is 26.2. The number of ether oxygens (including phenoxy) is 2. The lowest BCUT2D eigenvalue weighted by molar-refractivity contribution is 0.0730. The van der Waals surface area contributed by atoms with Crippen molar-refractivity contribution in [2.45, 2.75) is 18.4 Å². The fourth-order valence-corrected chi connectivity index (χ4v) is 6.53. The van der Waals surface area contributed by atoms with Crippen LogP contribution in [0.25, 0.3) is 10.9 Å². The first-order chi connectivity index (χ1) is 18.3. The predicted molar refractivity (Wildman–Crippen MR) is 145 cm³/mol. The van der Waals surface area contributed by atoms with Crippen molar-refractivity contribution in [1.29, 1.82) is 0 Å². The highest BCUT2D eigenvalue weighted by Gasteiger charge is 2.29. The van der Waals surface area contributed by atoms with Crippen LogP contribution in [0.4, 0.5) is 5.69 Å². The molecule has 5 rings (SSSR count). The molecule has 2 fully saturated rings. The third kappa shape index (κ3) is 4.77. The van der Waals surface area contributed by atoms with Gasteiger partial charge in [-0.1, -0.05) is 12.1 Å². The van der Waals surface area contributed by atoms with E-state index in [1.165, 1.54) is 16.4 Å². The SMILES string of the molecule is CCn1cc(C(=O)N2CCN(c3ccccc3OC)CC2)c(=O)c2cc(S(=O)(=O)N3CCOCC3)ccc21. The number of sulfonamides is 1. The van der Waals surface area contributed by atoms with Crippen LogP contribution < -0.4 is 15.1 Å². The van der Waals surface area contributed by atoms with Gasteiger partial charge < -0.3 is 23.8 Å². The van der Waals surface area contributed by atoms with E-state index in [0.29, 0.717) is 51.5 Å². The molecule has 0 unspecified atom stereocenters. The molecule has 11 heteroatoms. The number of para-hydroxylation sites is 2. The molecule has 0 radical (unpaired) electrons. The van der Waals surface area contributed by atoms with Crippen molar-refractivity contribution in [3.63, 3.8) is 0 Å². The van der Waals surface area contributed by atoms with E-state index in [-0.39, 0.29) is 34.8 Å². The quantitative estimate of drug-likeness (QED) is 0.472. The molecule has 2 aromatic carbocycles. The summed E-state index contributed by atoms with van der Waals surface area (Å²) >= 11 is 0. The Balaban J connectivity index is 1.44. The summed E-state index contributed by atoms with van der Waals surface area (Å²) in [7, 11) is -2.15. The van der Waals surface area contributed by atoms with Crippen LogP contribution in [-0.4, -0.2) is 87.7 Å². The molecule has 1 aromatic heterocycles. The van der Waals surface area contributed by atoms with Crippen molar-refractivity contribution in [1.82, 2.24) is 13.8 Å². The van der Waals surface area contributed by atoms with Gasteiger partial charge in [-0.2, -0.15) is 4.31 Å². The molecule has 2 aliphatic heterocycles. The topological polar surface area (TPSA) is 101 Å². The Labute approximate surface area is 222 Å². The Morgan fingerprint density at radius 1 is 1.00 bits per heavy atom. The molecule has 0 bridgehead atoms. The van der Waals surface area contributed by atoms with Gasteiger partial charge in [0.2, 0.25) is 15.5 Å². The highest BCUT2D eigenvalue weighted by molar-refractivity contribution is 7.89. The lowest BCUT2D eigenvalue weighted by Crippen LogP contribution is -2.49. The van der Waals surface area contributed by atoms with Gasteiger partial charge in [-0.3, -0.25) is 9.59 Å². The first-order valence-corrected chi connectivity index (χ1v) is 14.2. The molecule has 2 aliphatic rings. The number of aromatic nitrogens is 1. The largest absolute Gasteiger partial charge is 0.495 e. The van der Waals surface area contributed by atoms with Gasteiger partial charge in [-0.15, -0.1) is 0 Å². The van der Waals surface area contributed by atoms with Gasteiger partial charge in [0.15, 0.2) is 0 Å². The third-order valence-electron chi connectivity index (χ3n) is 7.22. The number of methoxy groups -OCH3 is 1. The van der Waals surface area contributed by atoms with E-state index >= 15 is 0 Å². The Morgan fingerprint density at radius 2 is 1.71 bits per heavy atom. The van der Waals surface area contributed by atoms with Crippen molar-refractivity contribution in [3.8, 4) is 5.75 Å². The number of pyridine rings is 1. The van der Waals surface area contributed by atoms with E-state index in [1.807, 2.05) is 35.8 Å². The Morgan fingerprint density at radius 3 is 2.39 bits per heavy atom. The molecule has 2 saturated heterocycles. The maximum atomic E-state index is 13.6.